The van der Waals surface area contributed by atoms with Crippen molar-refractivity contribution in [1.82, 2.24) is 20.6 Å². The van der Waals surface area contributed by atoms with Gasteiger partial charge in [-0.15, -0.1) is 0 Å². The lowest BCUT2D eigenvalue weighted by Gasteiger charge is -2.22. The minimum Gasteiger partial charge on any atom is -0.502 e. The first-order chi connectivity index (χ1) is 20.9. The summed E-state index contributed by atoms with van der Waals surface area (Å²) in [5, 5.41) is 16.7. The summed E-state index contributed by atoms with van der Waals surface area (Å²) in [7, 11) is 2.96. The fourth-order valence-electron chi connectivity index (χ4n) is 5.27. The predicted octanol–water partition coefficient (Wildman–Crippen LogP) is 5.23. The van der Waals surface area contributed by atoms with Crippen LogP contribution in [0.5, 0.6) is 17.2 Å². The van der Waals surface area contributed by atoms with Gasteiger partial charge in [-0.25, -0.2) is 4.39 Å². The molecule has 2 aromatic carbocycles. The van der Waals surface area contributed by atoms with E-state index in [9.17, 15) is 14.3 Å². The second kappa shape index (κ2) is 13.3. The largest absolute Gasteiger partial charge is 0.502 e. The van der Waals surface area contributed by atoms with Gasteiger partial charge in [0.15, 0.2) is 11.5 Å². The van der Waals surface area contributed by atoms with Gasteiger partial charge in [0.1, 0.15) is 11.9 Å². The van der Waals surface area contributed by atoms with E-state index in [2.05, 4.69) is 20.6 Å². The van der Waals surface area contributed by atoms with Crippen molar-refractivity contribution >= 4 is 17.1 Å². The Morgan fingerprint density at radius 3 is 2.44 bits per heavy atom. The van der Waals surface area contributed by atoms with E-state index in [1.807, 2.05) is 43.3 Å². The minimum absolute atomic E-state index is 0.0688. The Bertz CT molecular complexity index is 1650. The van der Waals surface area contributed by atoms with E-state index < -0.39 is 11.9 Å². The summed E-state index contributed by atoms with van der Waals surface area (Å²) >= 11 is 0. The van der Waals surface area contributed by atoms with Gasteiger partial charge in [0.05, 0.1) is 26.5 Å². The van der Waals surface area contributed by atoms with Crippen LogP contribution in [0.25, 0.3) is 11.1 Å². The molecular formula is C34H33FN4O4. The van der Waals surface area contributed by atoms with E-state index in [0.29, 0.717) is 35.6 Å². The van der Waals surface area contributed by atoms with E-state index in [4.69, 9.17) is 9.47 Å². The van der Waals surface area contributed by atoms with Crippen molar-refractivity contribution in [2.24, 2.45) is 0 Å². The minimum atomic E-state index is -0.788. The van der Waals surface area contributed by atoms with Gasteiger partial charge in [-0.2, -0.15) is 0 Å². The molecule has 4 aromatic rings. The number of methoxy groups -OCH3 is 2. The van der Waals surface area contributed by atoms with Gasteiger partial charge in [-0.1, -0.05) is 24.3 Å². The number of phenols is 1. The number of nitrogens with one attached hydrogen (secondary N) is 2. The number of hydrogen-bond donors (Lipinski definition) is 3. The zero-order valence-electron chi connectivity index (χ0n) is 24.2. The molecule has 1 atom stereocenters. The molecule has 8 nitrogen and oxygen atoms in total. The molecule has 1 unspecified atom stereocenters. The number of aromatic hydroxyl groups is 1. The number of allylic oxidation sites excluding steroid dienone is 3. The highest BCUT2D eigenvalue weighted by Crippen LogP contribution is 2.44. The number of phenolic OH excluding ortho intramolecular Hbond substituents is 1. The Morgan fingerprint density at radius 1 is 0.977 bits per heavy atom. The van der Waals surface area contributed by atoms with Crippen molar-refractivity contribution in [1.29, 1.82) is 0 Å². The first-order valence-electron chi connectivity index (χ1n) is 13.8. The first-order valence-corrected chi connectivity index (χ1v) is 13.8. The maximum Gasteiger partial charge on any atom is 0.242 e. The molecule has 0 aliphatic heterocycles. The predicted molar refractivity (Wildman–Crippen MR) is 163 cm³/mol. The summed E-state index contributed by atoms with van der Waals surface area (Å²) in [4.78, 5) is 22.3. The Kier molecular flexibility index (Phi) is 9.12. The van der Waals surface area contributed by atoms with Gasteiger partial charge >= 0.3 is 0 Å². The Labute approximate surface area is 249 Å². The van der Waals surface area contributed by atoms with E-state index in [-0.39, 0.29) is 18.2 Å². The van der Waals surface area contributed by atoms with Crippen LogP contribution in [0.1, 0.15) is 34.9 Å². The second-order valence-corrected chi connectivity index (χ2v) is 10.1. The van der Waals surface area contributed by atoms with E-state index >= 15 is 0 Å². The smallest absolute Gasteiger partial charge is 0.242 e. The highest BCUT2D eigenvalue weighted by molar-refractivity contribution is 6.07. The molecule has 43 heavy (non-hydrogen) atoms. The van der Waals surface area contributed by atoms with Crippen molar-refractivity contribution in [3.8, 4) is 17.2 Å². The number of aromatic nitrogens is 2. The summed E-state index contributed by atoms with van der Waals surface area (Å²) in [6.45, 7) is 2.57. The molecule has 2 aromatic heterocycles. The number of hydrogen-bond acceptors (Lipinski definition) is 7. The van der Waals surface area contributed by atoms with Gasteiger partial charge < -0.3 is 19.9 Å². The number of benzene rings is 2. The standard InChI is InChI=1S/C34H33FN4O4/c1-21-26(11-9-22-15-29(42-2)33(40)30(16-22)43-3)27-12-10-24(35)17-28(27)31(21)32(38-19-23-7-6-13-36-18-23)34(41)39-20-25-8-4-5-14-37-25/h4-8,10-18,32,38,40H,9,19-20H2,1-3H3,(H,39,41)/b26-11-. The van der Waals surface area contributed by atoms with Crippen LogP contribution < -0.4 is 20.1 Å². The summed E-state index contributed by atoms with van der Waals surface area (Å²) in [5.74, 6) is -0.107. The molecule has 3 N–H and O–H groups in total. The van der Waals surface area contributed by atoms with Crippen molar-refractivity contribution < 1.29 is 23.8 Å². The lowest BCUT2D eigenvalue weighted by molar-refractivity contribution is -0.122. The summed E-state index contributed by atoms with van der Waals surface area (Å²) in [5.41, 5.74) is 6.42. The van der Waals surface area contributed by atoms with E-state index in [1.165, 1.54) is 26.4 Å². The van der Waals surface area contributed by atoms with Gasteiger partial charge in [-0.3, -0.25) is 20.1 Å². The highest BCUT2D eigenvalue weighted by atomic mass is 19.1. The number of carbonyl (C=O) groups excluding carboxylic acids is 1. The van der Waals surface area contributed by atoms with Gasteiger partial charge in [-0.05, 0) is 94.8 Å². The molecule has 5 rings (SSSR count). The SMILES string of the molecule is COc1cc(C/C=C2/C(C)=C(C(NCc3cccnc3)C(=O)NCc3ccccn3)c3cc(F)ccc32)cc(OC)c1O. The number of nitrogens with zero attached hydrogens (tertiary/aromatic N) is 2. The summed E-state index contributed by atoms with van der Waals surface area (Å²) < 4.78 is 25.3. The third-order valence-corrected chi connectivity index (χ3v) is 7.41. The van der Waals surface area contributed by atoms with E-state index in [1.54, 1.807) is 36.8 Å². The van der Waals surface area contributed by atoms with Crippen LogP contribution >= 0.6 is 0 Å². The quantitative estimate of drug-likeness (QED) is 0.223. The van der Waals surface area contributed by atoms with Crippen molar-refractivity contribution in [2.75, 3.05) is 14.2 Å². The van der Waals surface area contributed by atoms with Crippen LogP contribution in [0.2, 0.25) is 0 Å². The lowest BCUT2D eigenvalue weighted by atomic mass is 9.97. The second-order valence-electron chi connectivity index (χ2n) is 10.1. The lowest BCUT2D eigenvalue weighted by Crippen LogP contribution is -2.44. The fourth-order valence-corrected chi connectivity index (χ4v) is 5.27. The van der Waals surface area contributed by atoms with E-state index in [0.717, 1.165) is 33.5 Å². The number of halogens is 1. The highest BCUT2D eigenvalue weighted by Gasteiger charge is 2.33. The molecule has 0 bridgehead atoms. The van der Waals surface area contributed by atoms with Crippen LogP contribution in [0.3, 0.4) is 0 Å². The van der Waals surface area contributed by atoms with Crippen molar-refractivity contribution in [3.63, 3.8) is 0 Å². The molecule has 0 spiro atoms. The maximum atomic E-state index is 14.7. The maximum absolute atomic E-state index is 14.7. The summed E-state index contributed by atoms with van der Waals surface area (Å²) in [6, 6.07) is 16.7. The molecule has 0 saturated heterocycles. The zero-order valence-corrected chi connectivity index (χ0v) is 24.2. The molecular weight excluding hydrogens is 547 g/mol. The third kappa shape index (κ3) is 6.57. The number of amides is 1. The number of rotatable bonds is 11. The molecule has 1 aliphatic rings. The fraction of sp³-hybridized carbons (Fsp3) is 0.206. The molecule has 220 valence electrons. The Balaban J connectivity index is 1.52. The average molecular weight is 581 g/mol. The molecule has 2 heterocycles. The zero-order chi connectivity index (χ0) is 30.3. The van der Waals surface area contributed by atoms with Gasteiger partial charge in [0.25, 0.3) is 0 Å². The van der Waals surface area contributed by atoms with Crippen molar-refractivity contribution in [2.45, 2.75) is 32.5 Å². The number of pyridine rings is 2. The van der Waals surface area contributed by atoms with Crippen molar-refractivity contribution in [3.05, 3.63) is 125 Å². The molecule has 9 heteroatoms. The van der Waals surface area contributed by atoms with Gasteiger partial charge in [0.2, 0.25) is 11.7 Å². The van der Waals surface area contributed by atoms with Crippen LogP contribution in [0.15, 0.2) is 90.9 Å². The molecule has 1 amide bonds. The first kappa shape index (κ1) is 29.5. The average Bonchev–Trinajstić information content (AvgIpc) is 3.30. The molecule has 0 saturated carbocycles. The monoisotopic (exact) mass is 580 g/mol. The number of carbonyl (C=O) groups is 1. The Morgan fingerprint density at radius 2 is 1.77 bits per heavy atom. The van der Waals surface area contributed by atoms with Crippen LogP contribution in [0.4, 0.5) is 4.39 Å². The normalized spacial score (nSPS) is 14.0. The van der Waals surface area contributed by atoms with Gasteiger partial charge in [0, 0.05) is 25.1 Å². The number of fused-ring (bicyclic) bond motifs is 1. The third-order valence-electron chi connectivity index (χ3n) is 7.41. The molecule has 0 fully saturated rings. The van der Waals surface area contributed by atoms with Crippen LogP contribution in [0, 0.1) is 5.82 Å². The van der Waals surface area contributed by atoms with Crippen LogP contribution in [-0.4, -0.2) is 41.2 Å². The summed E-state index contributed by atoms with van der Waals surface area (Å²) in [6.07, 6.45) is 7.63. The topological polar surface area (TPSA) is 106 Å². The molecule has 1 aliphatic carbocycles. The molecule has 0 radical (unpaired) electrons. The number of ether oxygens (including phenoxy) is 2. The Hall–Kier alpha value is -5.02. The van der Waals surface area contributed by atoms with Crippen LogP contribution in [-0.2, 0) is 24.3 Å².